The first kappa shape index (κ1) is 20.6. The molecule has 1 aromatic carbocycles. The number of hydrogen-bond acceptors (Lipinski definition) is 4. The van der Waals surface area contributed by atoms with Crippen molar-refractivity contribution in [2.24, 2.45) is 5.92 Å². The Labute approximate surface area is 178 Å². The standard InChI is InChI=1S/C24H31N3O3/c1-18(28)26-13-9-20(10-14-26)22(29)27-12-6-11-24(2,17-27)23-25-16-21(30-23)15-19-7-4-3-5-8-19/h3-5,7-8,16,20H,6,9-15,17H2,1-2H3/t24-/m1/s1. The van der Waals surface area contributed by atoms with Gasteiger partial charge in [0.2, 0.25) is 17.7 Å². The van der Waals surface area contributed by atoms with E-state index in [1.165, 1.54) is 5.56 Å². The molecule has 0 unspecified atom stereocenters. The van der Waals surface area contributed by atoms with Gasteiger partial charge < -0.3 is 14.2 Å². The van der Waals surface area contributed by atoms with E-state index in [0.717, 1.165) is 50.3 Å². The summed E-state index contributed by atoms with van der Waals surface area (Å²) in [6, 6.07) is 10.2. The van der Waals surface area contributed by atoms with Crippen LogP contribution in [0.4, 0.5) is 0 Å². The highest BCUT2D eigenvalue weighted by Crippen LogP contribution is 2.35. The van der Waals surface area contributed by atoms with Crippen molar-refractivity contribution in [2.45, 2.75) is 51.4 Å². The number of likely N-dealkylation sites (tertiary alicyclic amines) is 2. The van der Waals surface area contributed by atoms with Crippen molar-refractivity contribution in [2.75, 3.05) is 26.2 Å². The Bertz CT molecular complexity index is 886. The van der Waals surface area contributed by atoms with Crippen molar-refractivity contribution in [1.29, 1.82) is 0 Å². The van der Waals surface area contributed by atoms with Crippen LogP contribution < -0.4 is 0 Å². The van der Waals surface area contributed by atoms with Crippen LogP contribution in [0.1, 0.15) is 56.7 Å². The smallest absolute Gasteiger partial charge is 0.225 e. The number of piperidine rings is 2. The van der Waals surface area contributed by atoms with Crippen LogP contribution in [0.5, 0.6) is 0 Å². The second kappa shape index (κ2) is 8.62. The van der Waals surface area contributed by atoms with E-state index in [2.05, 4.69) is 24.0 Å². The minimum Gasteiger partial charge on any atom is -0.445 e. The fourth-order valence-corrected chi connectivity index (χ4v) is 4.77. The van der Waals surface area contributed by atoms with Gasteiger partial charge in [0.15, 0.2) is 0 Å². The Morgan fingerprint density at radius 1 is 1.13 bits per heavy atom. The lowest BCUT2D eigenvalue weighted by Crippen LogP contribution is -2.50. The predicted octanol–water partition coefficient (Wildman–Crippen LogP) is 3.40. The molecule has 2 aliphatic heterocycles. The van der Waals surface area contributed by atoms with Gasteiger partial charge in [0.05, 0.1) is 11.6 Å². The van der Waals surface area contributed by atoms with Crippen molar-refractivity contribution >= 4 is 11.8 Å². The van der Waals surface area contributed by atoms with Crippen molar-refractivity contribution in [3.05, 3.63) is 53.7 Å². The molecule has 0 bridgehead atoms. The molecule has 2 saturated heterocycles. The average molecular weight is 410 g/mol. The Hall–Kier alpha value is -2.63. The maximum atomic E-state index is 13.2. The monoisotopic (exact) mass is 409 g/mol. The molecule has 2 aliphatic rings. The number of aromatic nitrogens is 1. The summed E-state index contributed by atoms with van der Waals surface area (Å²) < 4.78 is 6.15. The third kappa shape index (κ3) is 4.42. The molecule has 1 atom stereocenters. The Balaban J connectivity index is 1.40. The number of carbonyl (C=O) groups is 2. The minimum atomic E-state index is -0.261. The predicted molar refractivity (Wildman–Crippen MR) is 114 cm³/mol. The molecule has 0 aliphatic carbocycles. The highest BCUT2D eigenvalue weighted by molar-refractivity contribution is 5.80. The molecule has 160 valence electrons. The maximum absolute atomic E-state index is 13.2. The van der Waals surface area contributed by atoms with E-state index in [0.29, 0.717) is 19.6 Å². The number of rotatable bonds is 4. The van der Waals surface area contributed by atoms with Gasteiger partial charge in [0, 0.05) is 45.4 Å². The van der Waals surface area contributed by atoms with Crippen molar-refractivity contribution in [1.82, 2.24) is 14.8 Å². The number of carbonyl (C=O) groups excluding carboxylic acids is 2. The first-order valence-electron chi connectivity index (χ1n) is 11.0. The molecule has 6 nitrogen and oxygen atoms in total. The summed E-state index contributed by atoms with van der Waals surface area (Å²) in [7, 11) is 0. The lowest BCUT2D eigenvalue weighted by molar-refractivity contribution is -0.142. The van der Waals surface area contributed by atoms with Gasteiger partial charge in [-0.05, 0) is 38.2 Å². The zero-order valence-corrected chi connectivity index (χ0v) is 18.0. The molecule has 0 saturated carbocycles. The van der Waals surface area contributed by atoms with E-state index >= 15 is 0 Å². The molecular formula is C24H31N3O3. The first-order chi connectivity index (χ1) is 14.4. The summed E-state index contributed by atoms with van der Waals surface area (Å²) in [5.74, 6) is 1.93. The van der Waals surface area contributed by atoms with E-state index in [1.54, 1.807) is 6.92 Å². The summed E-state index contributed by atoms with van der Waals surface area (Å²) in [4.78, 5) is 33.1. The normalized spacial score (nSPS) is 22.9. The summed E-state index contributed by atoms with van der Waals surface area (Å²) in [5, 5.41) is 0. The van der Waals surface area contributed by atoms with Crippen molar-refractivity contribution in [3.8, 4) is 0 Å². The van der Waals surface area contributed by atoms with E-state index in [-0.39, 0.29) is 23.1 Å². The second-order valence-corrected chi connectivity index (χ2v) is 9.00. The Morgan fingerprint density at radius 2 is 1.87 bits per heavy atom. The van der Waals surface area contributed by atoms with Crippen LogP contribution in [0.15, 0.2) is 40.9 Å². The second-order valence-electron chi connectivity index (χ2n) is 9.00. The van der Waals surface area contributed by atoms with Crippen LogP contribution in [0.3, 0.4) is 0 Å². The lowest BCUT2D eigenvalue weighted by atomic mass is 9.81. The summed E-state index contributed by atoms with van der Waals surface area (Å²) in [5.41, 5.74) is 0.936. The molecule has 30 heavy (non-hydrogen) atoms. The largest absolute Gasteiger partial charge is 0.445 e. The van der Waals surface area contributed by atoms with Crippen molar-refractivity contribution < 1.29 is 14.0 Å². The molecule has 0 N–H and O–H groups in total. The maximum Gasteiger partial charge on any atom is 0.225 e. The summed E-state index contributed by atoms with van der Waals surface area (Å²) >= 11 is 0. The SMILES string of the molecule is CC(=O)N1CCC(C(=O)N2CCC[C@@](C)(c3ncc(Cc4ccccc4)o3)C2)CC1. The van der Waals surface area contributed by atoms with Gasteiger partial charge in [-0.1, -0.05) is 30.3 Å². The summed E-state index contributed by atoms with van der Waals surface area (Å²) in [6.07, 6.45) is 5.97. The van der Waals surface area contributed by atoms with Crippen LogP contribution in [0.2, 0.25) is 0 Å². The average Bonchev–Trinajstić information content (AvgIpc) is 3.23. The molecule has 1 aromatic heterocycles. The van der Waals surface area contributed by atoms with E-state index in [4.69, 9.17) is 4.42 Å². The summed E-state index contributed by atoms with van der Waals surface area (Å²) in [6.45, 7) is 6.55. The number of amides is 2. The fourth-order valence-electron chi connectivity index (χ4n) is 4.77. The number of oxazole rings is 1. The van der Waals surface area contributed by atoms with Crippen molar-refractivity contribution in [3.63, 3.8) is 0 Å². The van der Waals surface area contributed by atoms with E-state index in [9.17, 15) is 9.59 Å². The van der Waals surface area contributed by atoms with Crippen LogP contribution in [0.25, 0.3) is 0 Å². The number of nitrogens with zero attached hydrogens (tertiary/aromatic N) is 3. The van der Waals surface area contributed by atoms with Gasteiger partial charge in [-0.3, -0.25) is 9.59 Å². The van der Waals surface area contributed by atoms with Crippen LogP contribution >= 0.6 is 0 Å². The molecule has 3 heterocycles. The molecule has 4 rings (SSSR count). The third-order valence-corrected chi connectivity index (χ3v) is 6.59. The van der Waals surface area contributed by atoms with Gasteiger partial charge in [-0.15, -0.1) is 0 Å². The molecular weight excluding hydrogens is 378 g/mol. The van der Waals surface area contributed by atoms with Crippen LogP contribution in [-0.4, -0.2) is 52.8 Å². The third-order valence-electron chi connectivity index (χ3n) is 6.59. The highest BCUT2D eigenvalue weighted by atomic mass is 16.4. The van der Waals surface area contributed by atoms with Gasteiger partial charge in [-0.25, -0.2) is 4.98 Å². The Kier molecular flexibility index (Phi) is 5.93. The van der Waals surface area contributed by atoms with Gasteiger partial charge >= 0.3 is 0 Å². The molecule has 0 radical (unpaired) electrons. The topological polar surface area (TPSA) is 66.7 Å². The van der Waals surface area contributed by atoms with Crippen LogP contribution in [0, 0.1) is 5.92 Å². The zero-order valence-electron chi connectivity index (χ0n) is 18.0. The van der Waals surface area contributed by atoms with Gasteiger partial charge in [0.1, 0.15) is 5.76 Å². The molecule has 2 fully saturated rings. The quantitative estimate of drug-likeness (QED) is 0.776. The fraction of sp³-hybridized carbons (Fsp3) is 0.542. The Morgan fingerprint density at radius 3 is 2.57 bits per heavy atom. The van der Waals surface area contributed by atoms with Crippen LogP contribution in [-0.2, 0) is 21.4 Å². The lowest BCUT2D eigenvalue weighted by Gasteiger charge is -2.41. The highest BCUT2D eigenvalue weighted by Gasteiger charge is 2.40. The minimum absolute atomic E-state index is 0.0150. The van der Waals surface area contributed by atoms with Gasteiger partial charge in [-0.2, -0.15) is 0 Å². The van der Waals surface area contributed by atoms with E-state index in [1.807, 2.05) is 34.2 Å². The molecule has 0 spiro atoms. The molecule has 6 heteroatoms. The first-order valence-corrected chi connectivity index (χ1v) is 11.0. The number of hydrogen-bond donors (Lipinski definition) is 0. The van der Waals surface area contributed by atoms with E-state index < -0.39 is 0 Å². The molecule has 2 amide bonds. The van der Waals surface area contributed by atoms with Gasteiger partial charge in [0.25, 0.3) is 0 Å². The molecule has 2 aromatic rings. The number of benzene rings is 1. The zero-order chi connectivity index (χ0) is 21.1.